The molecule has 1 fully saturated rings. The molecule has 0 spiro atoms. The van der Waals surface area contributed by atoms with Crippen LogP contribution in [0.1, 0.15) is 24.1 Å². The molecule has 9 heteroatoms. The first-order valence-electron chi connectivity index (χ1n) is 6.10. The van der Waals surface area contributed by atoms with E-state index in [1.807, 2.05) is 0 Å². The van der Waals surface area contributed by atoms with Crippen LogP contribution < -0.4 is 10.6 Å². The second-order valence-electron chi connectivity index (χ2n) is 4.52. The minimum Gasteiger partial charge on any atom is -0.349 e. The number of halogens is 5. The molecule has 1 aromatic rings. The highest BCUT2D eigenvalue weighted by molar-refractivity contribution is 6.31. The lowest BCUT2D eigenvalue weighted by atomic mass is 10.2. The molecule has 2 heterocycles. The molecule has 2 rings (SSSR count). The second kappa shape index (κ2) is 7.29. The Kier molecular flexibility index (Phi) is 6.24. The molecule has 1 unspecified atom stereocenters. The molecule has 0 radical (unpaired) electrons. The molecule has 0 bridgehead atoms. The first-order valence-corrected chi connectivity index (χ1v) is 6.48. The van der Waals surface area contributed by atoms with Crippen molar-refractivity contribution in [2.45, 2.75) is 31.6 Å². The van der Waals surface area contributed by atoms with Crippen molar-refractivity contribution >= 4 is 29.9 Å². The maximum atomic E-state index is 12.4. The number of pyridine rings is 1. The number of nitrogens with zero attached hydrogens (tertiary/aromatic N) is 1. The standard InChI is InChI=1S/C12H13ClF3N3O.ClH/c13-8-4-7(12(14,15)16)5-18-10(8)6-19-11(20)9-2-1-3-17-9;/h4-5,9,17H,1-3,6H2,(H,19,20);1H. The molecule has 1 atom stereocenters. The number of rotatable bonds is 3. The fourth-order valence-electron chi connectivity index (χ4n) is 1.95. The smallest absolute Gasteiger partial charge is 0.349 e. The quantitative estimate of drug-likeness (QED) is 0.886. The van der Waals surface area contributed by atoms with Gasteiger partial charge in [0.25, 0.3) is 0 Å². The zero-order valence-corrected chi connectivity index (χ0v) is 12.4. The van der Waals surface area contributed by atoms with Crippen molar-refractivity contribution in [1.82, 2.24) is 15.6 Å². The third-order valence-electron chi connectivity index (χ3n) is 3.05. The van der Waals surface area contributed by atoms with Crippen LogP contribution in [0, 0.1) is 0 Å². The molecule has 1 saturated heterocycles. The highest BCUT2D eigenvalue weighted by atomic mass is 35.5. The summed E-state index contributed by atoms with van der Waals surface area (Å²) in [4.78, 5) is 15.4. The fourth-order valence-corrected chi connectivity index (χ4v) is 2.19. The highest BCUT2D eigenvalue weighted by Gasteiger charge is 2.31. The fraction of sp³-hybridized carbons (Fsp3) is 0.500. The van der Waals surface area contributed by atoms with Gasteiger partial charge in [0, 0.05) is 6.20 Å². The van der Waals surface area contributed by atoms with Gasteiger partial charge in [-0.25, -0.2) is 0 Å². The molecule has 1 aliphatic rings. The summed E-state index contributed by atoms with van der Waals surface area (Å²) < 4.78 is 37.3. The lowest BCUT2D eigenvalue weighted by Crippen LogP contribution is -2.40. The highest BCUT2D eigenvalue weighted by Crippen LogP contribution is 2.30. The van der Waals surface area contributed by atoms with Gasteiger partial charge in [-0.3, -0.25) is 9.78 Å². The Bertz CT molecular complexity index is 505. The average Bonchev–Trinajstić information content (AvgIpc) is 2.89. The second-order valence-corrected chi connectivity index (χ2v) is 4.92. The molecule has 2 N–H and O–H groups in total. The van der Waals surface area contributed by atoms with E-state index in [9.17, 15) is 18.0 Å². The summed E-state index contributed by atoms with van der Waals surface area (Å²) in [6.07, 6.45) is -2.09. The van der Waals surface area contributed by atoms with Gasteiger partial charge in [-0.2, -0.15) is 13.2 Å². The van der Waals surface area contributed by atoms with Gasteiger partial charge in [0.2, 0.25) is 5.91 Å². The van der Waals surface area contributed by atoms with Crippen molar-refractivity contribution in [2.24, 2.45) is 0 Å². The molecule has 1 aromatic heterocycles. The lowest BCUT2D eigenvalue weighted by Gasteiger charge is -2.12. The first-order chi connectivity index (χ1) is 9.38. The van der Waals surface area contributed by atoms with E-state index in [0.717, 1.165) is 25.5 Å². The molecule has 118 valence electrons. The van der Waals surface area contributed by atoms with Gasteiger partial charge in [0.05, 0.1) is 28.9 Å². The maximum absolute atomic E-state index is 12.4. The number of nitrogens with one attached hydrogen (secondary N) is 2. The Balaban J connectivity index is 0.00000220. The Morgan fingerprint density at radius 2 is 2.24 bits per heavy atom. The summed E-state index contributed by atoms with van der Waals surface area (Å²) in [7, 11) is 0. The summed E-state index contributed by atoms with van der Waals surface area (Å²) >= 11 is 5.75. The molecule has 4 nitrogen and oxygen atoms in total. The van der Waals surface area contributed by atoms with Crippen LogP contribution in [0.4, 0.5) is 13.2 Å². The van der Waals surface area contributed by atoms with E-state index in [1.54, 1.807) is 0 Å². The van der Waals surface area contributed by atoms with Crippen LogP contribution in [-0.2, 0) is 17.5 Å². The van der Waals surface area contributed by atoms with Crippen molar-refractivity contribution in [2.75, 3.05) is 6.54 Å². The van der Waals surface area contributed by atoms with Gasteiger partial charge < -0.3 is 10.6 Å². The molecular weight excluding hydrogens is 330 g/mol. The molecule has 1 amide bonds. The number of hydrogen-bond acceptors (Lipinski definition) is 3. The van der Waals surface area contributed by atoms with Crippen molar-refractivity contribution in [3.63, 3.8) is 0 Å². The minimum atomic E-state index is -4.48. The summed E-state index contributed by atoms with van der Waals surface area (Å²) in [6, 6.07) is 0.562. The van der Waals surface area contributed by atoms with Crippen LogP contribution in [0.25, 0.3) is 0 Å². The summed E-state index contributed by atoms with van der Waals surface area (Å²) in [5.41, 5.74) is -0.693. The van der Waals surface area contributed by atoms with E-state index in [2.05, 4.69) is 15.6 Å². The number of aromatic nitrogens is 1. The summed E-state index contributed by atoms with van der Waals surface area (Å²) in [6.45, 7) is 0.797. The van der Waals surface area contributed by atoms with Crippen LogP contribution in [0.2, 0.25) is 5.02 Å². The third kappa shape index (κ3) is 4.72. The van der Waals surface area contributed by atoms with E-state index < -0.39 is 11.7 Å². The van der Waals surface area contributed by atoms with Crippen LogP contribution in [-0.4, -0.2) is 23.5 Å². The zero-order valence-electron chi connectivity index (χ0n) is 10.8. The number of carbonyl (C=O) groups excluding carboxylic acids is 1. The van der Waals surface area contributed by atoms with Crippen molar-refractivity contribution in [3.05, 3.63) is 28.5 Å². The van der Waals surface area contributed by atoms with Crippen molar-refractivity contribution < 1.29 is 18.0 Å². The largest absolute Gasteiger partial charge is 0.417 e. The van der Waals surface area contributed by atoms with E-state index in [1.165, 1.54) is 0 Å². The van der Waals surface area contributed by atoms with Crippen LogP contribution in [0.15, 0.2) is 12.3 Å². The summed E-state index contributed by atoms with van der Waals surface area (Å²) in [5.74, 6) is -0.194. The average molecular weight is 344 g/mol. The molecule has 0 aliphatic carbocycles. The maximum Gasteiger partial charge on any atom is 0.417 e. The van der Waals surface area contributed by atoms with Gasteiger partial charge in [-0.1, -0.05) is 11.6 Å². The Labute approximate surface area is 130 Å². The van der Waals surface area contributed by atoms with E-state index in [-0.39, 0.29) is 41.6 Å². The molecule has 1 aliphatic heterocycles. The predicted molar refractivity (Wildman–Crippen MR) is 74.4 cm³/mol. The molecule has 21 heavy (non-hydrogen) atoms. The SMILES string of the molecule is Cl.O=C(NCc1ncc(C(F)(F)F)cc1Cl)C1CCCN1. The Hall–Kier alpha value is -1.05. The minimum absolute atomic E-state index is 0. The van der Waals surface area contributed by atoms with E-state index in [0.29, 0.717) is 6.20 Å². The molecular formula is C12H14Cl2F3N3O. The van der Waals surface area contributed by atoms with Crippen molar-refractivity contribution in [1.29, 1.82) is 0 Å². The molecule has 0 saturated carbocycles. The van der Waals surface area contributed by atoms with Gasteiger partial charge in [0.15, 0.2) is 0 Å². The van der Waals surface area contributed by atoms with Gasteiger partial charge in [0.1, 0.15) is 0 Å². The Morgan fingerprint density at radius 3 is 2.76 bits per heavy atom. The number of alkyl halides is 3. The number of amides is 1. The lowest BCUT2D eigenvalue weighted by molar-refractivity contribution is -0.137. The number of hydrogen-bond donors (Lipinski definition) is 2. The van der Waals surface area contributed by atoms with Crippen LogP contribution >= 0.6 is 24.0 Å². The van der Waals surface area contributed by atoms with Crippen LogP contribution in [0.5, 0.6) is 0 Å². The monoisotopic (exact) mass is 343 g/mol. The first kappa shape index (κ1) is 18.0. The van der Waals surface area contributed by atoms with E-state index in [4.69, 9.17) is 11.6 Å². The van der Waals surface area contributed by atoms with E-state index >= 15 is 0 Å². The van der Waals surface area contributed by atoms with Crippen LogP contribution in [0.3, 0.4) is 0 Å². The van der Waals surface area contributed by atoms with Gasteiger partial charge in [-0.05, 0) is 25.5 Å². The van der Waals surface area contributed by atoms with Gasteiger partial charge in [-0.15, -0.1) is 12.4 Å². The third-order valence-corrected chi connectivity index (χ3v) is 3.38. The molecule has 0 aromatic carbocycles. The van der Waals surface area contributed by atoms with Gasteiger partial charge >= 0.3 is 6.18 Å². The van der Waals surface area contributed by atoms with Crippen molar-refractivity contribution in [3.8, 4) is 0 Å². The normalized spacial score (nSPS) is 18.2. The predicted octanol–water partition coefficient (Wildman–Crippen LogP) is 2.54. The Morgan fingerprint density at radius 1 is 1.52 bits per heavy atom. The zero-order chi connectivity index (χ0) is 14.8. The number of carbonyl (C=O) groups is 1. The topological polar surface area (TPSA) is 54.0 Å². The summed E-state index contributed by atoms with van der Waals surface area (Å²) in [5, 5.41) is 5.52.